The zero-order valence-corrected chi connectivity index (χ0v) is 17.0. The summed E-state index contributed by atoms with van der Waals surface area (Å²) in [5.74, 6) is 0.0546. The van der Waals surface area contributed by atoms with Gasteiger partial charge >= 0.3 is 6.03 Å². The quantitative estimate of drug-likeness (QED) is 0.619. The van der Waals surface area contributed by atoms with Gasteiger partial charge in [-0.05, 0) is 58.0 Å². The van der Waals surface area contributed by atoms with Crippen LogP contribution in [-0.2, 0) is 4.79 Å². The molecular formula is C21H34N4O2. The first-order valence-corrected chi connectivity index (χ1v) is 10.2. The molecule has 1 fully saturated rings. The molecule has 0 unspecified atom stereocenters. The number of urea groups is 1. The van der Waals surface area contributed by atoms with E-state index in [1.807, 2.05) is 31.2 Å². The highest BCUT2D eigenvalue weighted by Crippen LogP contribution is 2.21. The van der Waals surface area contributed by atoms with Gasteiger partial charge in [0.05, 0.1) is 6.04 Å². The summed E-state index contributed by atoms with van der Waals surface area (Å²) in [6.45, 7) is 10.8. The number of nitrogens with zero attached hydrogens (tertiary/aromatic N) is 2. The normalized spacial score (nSPS) is 16.8. The number of benzene rings is 1. The molecule has 1 heterocycles. The molecule has 2 N–H and O–H groups in total. The van der Waals surface area contributed by atoms with Crippen molar-refractivity contribution < 1.29 is 9.59 Å². The van der Waals surface area contributed by atoms with Crippen molar-refractivity contribution >= 4 is 17.6 Å². The van der Waals surface area contributed by atoms with Crippen LogP contribution in [0.15, 0.2) is 24.3 Å². The second-order valence-electron chi connectivity index (χ2n) is 7.34. The summed E-state index contributed by atoms with van der Waals surface area (Å²) in [5.41, 5.74) is 2.05. The minimum atomic E-state index is -0.184. The predicted octanol–water partition coefficient (Wildman–Crippen LogP) is 2.91. The zero-order valence-electron chi connectivity index (χ0n) is 17.0. The van der Waals surface area contributed by atoms with Crippen LogP contribution in [0, 0.1) is 6.92 Å². The lowest BCUT2D eigenvalue weighted by molar-refractivity contribution is -0.117. The van der Waals surface area contributed by atoms with E-state index < -0.39 is 0 Å². The number of nitrogens with one attached hydrogen (secondary N) is 2. The molecule has 0 bridgehead atoms. The molecule has 6 nitrogen and oxygen atoms in total. The smallest absolute Gasteiger partial charge is 0.315 e. The van der Waals surface area contributed by atoms with E-state index >= 15 is 0 Å². The minimum absolute atomic E-state index is 0.0546. The molecule has 27 heavy (non-hydrogen) atoms. The van der Waals surface area contributed by atoms with Gasteiger partial charge in [-0.2, -0.15) is 0 Å². The minimum Gasteiger partial charge on any atom is -0.338 e. The molecule has 0 saturated carbocycles. The molecule has 1 aromatic rings. The van der Waals surface area contributed by atoms with E-state index in [0.29, 0.717) is 19.5 Å². The van der Waals surface area contributed by atoms with Crippen LogP contribution >= 0.6 is 0 Å². The fourth-order valence-electron chi connectivity index (χ4n) is 3.49. The highest BCUT2D eigenvalue weighted by Gasteiger charge is 2.31. The molecule has 0 aliphatic carbocycles. The number of amides is 3. The third kappa shape index (κ3) is 6.86. The van der Waals surface area contributed by atoms with Gasteiger partial charge in [-0.1, -0.05) is 31.5 Å². The van der Waals surface area contributed by atoms with Crippen LogP contribution < -0.4 is 15.5 Å². The van der Waals surface area contributed by atoms with Crippen molar-refractivity contribution in [3.63, 3.8) is 0 Å². The summed E-state index contributed by atoms with van der Waals surface area (Å²) in [5, 5.41) is 5.85. The highest BCUT2D eigenvalue weighted by atomic mass is 16.2. The Bertz CT molecular complexity index is 597. The third-order valence-electron chi connectivity index (χ3n) is 4.82. The van der Waals surface area contributed by atoms with E-state index in [4.69, 9.17) is 0 Å². The number of aryl methyl sites for hydroxylation is 1. The number of rotatable bonds is 10. The second-order valence-corrected chi connectivity index (χ2v) is 7.34. The fraction of sp³-hybridized carbons (Fsp3) is 0.619. The fourth-order valence-corrected chi connectivity index (χ4v) is 3.49. The molecule has 0 aromatic heterocycles. The predicted molar refractivity (Wildman–Crippen MR) is 110 cm³/mol. The Morgan fingerprint density at radius 1 is 1.15 bits per heavy atom. The molecule has 6 heteroatoms. The van der Waals surface area contributed by atoms with Crippen molar-refractivity contribution in [1.29, 1.82) is 0 Å². The molecule has 1 saturated heterocycles. The number of hydrogen-bond acceptors (Lipinski definition) is 3. The monoisotopic (exact) mass is 374 g/mol. The van der Waals surface area contributed by atoms with Gasteiger partial charge in [0, 0.05) is 25.2 Å². The number of anilines is 1. The Labute approximate surface area is 163 Å². The molecule has 1 aliphatic rings. The van der Waals surface area contributed by atoms with Crippen molar-refractivity contribution in [2.24, 2.45) is 0 Å². The Kier molecular flexibility index (Phi) is 8.58. The largest absolute Gasteiger partial charge is 0.338 e. The highest BCUT2D eigenvalue weighted by molar-refractivity contribution is 5.96. The van der Waals surface area contributed by atoms with Crippen molar-refractivity contribution in [2.45, 2.75) is 52.5 Å². The average Bonchev–Trinajstić information content (AvgIpc) is 2.99. The van der Waals surface area contributed by atoms with E-state index in [9.17, 15) is 9.59 Å². The Hall–Kier alpha value is -2.08. The number of carbonyl (C=O) groups excluding carboxylic acids is 2. The van der Waals surface area contributed by atoms with Gasteiger partial charge in [0.2, 0.25) is 5.91 Å². The average molecular weight is 375 g/mol. The van der Waals surface area contributed by atoms with E-state index in [1.54, 1.807) is 4.90 Å². The SMILES string of the molecule is CCCN(CCC)CCCNC(=O)N[C@@H]1CC(=O)N(c2ccc(C)cc2)C1. The molecular weight excluding hydrogens is 340 g/mol. The van der Waals surface area contributed by atoms with Crippen LogP contribution in [0.1, 0.15) is 45.1 Å². The standard InChI is InChI=1S/C21H34N4O2/c1-4-12-24(13-5-2)14-6-11-22-21(27)23-18-15-20(26)25(16-18)19-9-7-17(3)8-10-19/h7-10,18H,4-6,11-16H2,1-3H3,(H2,22,23,27)/t18-/m1/s1. The maximum absolute atomic E-state index is 12.3. The first-order chi connectivity index (χ1) is 13.0. The third-order valence-corrected chi connectivity index (χ3v) is 4.82. The van der Waals surface area contributed by atoms with Crippen LogP contribution in [0.5, 0.6) is 0 Å². The van der Waals surface area contributed by atoms with Gasteiger partial charge in [0.1, 0.15) is 0 Å². The van der Waals surface area contributed by atoms with Gasteiger partial charge < -0.3 is 20.4 Å². The van der Waals surface area contributed by atoms with E-state index in [2.05, 4.69) is 29.4 Å². The van der Waals surface area contributed by atoms with E-state index in [1.165, 1.54) is 0 Å². The lowest BCUT2D eigenvalue weighted by Crippen LogP contribution is -2.44. The molecule has 0 radical (unpaired) electrons. The van der Waals surface area contributed by atoms with Gasteiger partial charge in [-0.25, -0.2) is 4.79 Å². The van der Waals surface area contributed by atoms with Gasteiger partial charge in [0.15, 0.2) is 0 Å². The van der Waals surface area contributed by atoms with Gasteiger partial charge in [0.25, 0.3) is 0 Å². The van der Waals surface area contributed by atoms with Crippen molar-refractivity contribution in [1.82, 2.24) is 15.5 Å². The summed E-state index contributed by atoms with van der Waals surface area (Å²) < 4.78 is 0. The summed E-state index contributed by atoms with van der Waals surface area (Å²) in [4.78, 5) is 28.6. The molecule has 1 atom stereocenters. The van der Waals surface area contributed by atoms with Gasteiger partial charge in [-0.15, -0.1) is 0 Å². The van der Waals surface area contributed by atoms with Crippen molar-refractivity contribution in [2.75, 3.05) is 37.6 Å². The first-order valence-electron chi connectivity index (χ1n) is 10.2. The molecule has 150 valence electrons. The topological polar surface area (TPSA) is 64.7 Å². The Morgan fingerprint density at radius 3 is 2.44 bits per heavy atom. The van der Waals surface area contributed by atoms with E-state index in [0.717, 1.165) is 50.1 Å². The van der Waals surface area contributed by atoms with Crippen LogP contribution in [0.3, 0.4) is 0 Å². The molecule has 0 spiro atoms. The Morgan fingerprint density at radius 2 is 1.81 bits per heavy atom. The summed E-state index contributed by atoms with van der Waals surface area (Å²) >= 11 is 0. The van der Waals surface area contributed by atoms with Crippen LogP contribution in [-0.4, -0.2) is 55.6 Å². The molecule has 3 amide bonds. The van der Waals surface area contributed by atoms with Crippen LogP contribution in [0.2, 0.25) is 0 Å². The summed E-state index contributed by atoms with van der Waals surface area (Å²) in [6, 6.07) is 7.57. The van der Waals surface area contributed by atoms with Gasteiger partial charge in [-0.3, -0.25) is 4.79 Å². The van der Waals surface area contributed by atoms with Crippen LogP contribution in [0.25, 0.3) is 0 Å². The molecule has 1 aliphatic heterocycles. The number of carbonyl (C=O) groups is 2. The first kappa shape index (κ1) is 21.2. The van der Waals surface area contributed by atoms with Crippen molar-refractivity contribution in [3.8, 4) is 0 Å². The molecule has 1 aromatic carbocycles. The van der Waals surface area contributed by atoms with Crippen LogP contribution in [0.4, 0.5) is 10.5 Å². The maximum atomic E-state index is 12.3. The lowest BCUT2D eigenvalue weighted by atomic mass is 10.2. The maximum Gasteiger partial charge on any atom is 0.315 e. The second kappa shape index (κ2) is 10.9. The molecule has 2 rings (SSSR count). The lowest BCUT2D eigenvalue weighted by Gasteiger charge is -2.21. The van der Waals surface area contributed by atoms with Crippen molar-refractivity contribution in [3.05, 3.63) is 29.8 Å². The summed E-state index contributed by atoms with van der Waals surface area (Å²) in [7, 11) is 0. The zero-order chi connectivity index (χ0) is 19.6. The Balaban J connectivity index is 1.70. The summed E-state index contributed by atoms with van der Waals surface area (Å²) in [6.07, 6.45) is 3.59. The van der Waals surface area contributed by atoms with E-state index in [-0.39, 0.29) is 18.0 Å². The number of hydrogen-bond donors (Lipinski definition) is 2.